The van der Waals surface area contributed by atoms with E-state index in [1.54, 1.807) is 0 Å². The van der Waals surface area contributed by atoms with Crippen LogP contribution in [0.3, 0.4) is 0 Å². The van der Waals surface area contributed by atoms with Gasteiger partial charge in [-0.1, -0.05) is 0 Å². The van der Waals surface area contributed by atoms with Crippen LogP contribution in [0.5, 0.6) is 0 Å². The van der Waals surface area contributed by atoms with E-state index in [1.165, 1.54) is 13.0 Å². The molecular weight excluding hydrogens is 327 g/mol. The Hall–Kier alpha value is -2.29. The maximum Gasteiger partial charge on any atom is 0.418 e. The molecular formula is C15H18F3N3O3. The number of amides is 3. The van der Waals surface area contributed by atoms with E-state index in [1.807, 2.05) is 0 Å². The molecule has 24 heavy (non-hydrogen) atoms. The average Bonchev–Trinajstić information content (AvgIpc) is 2.98. The van der Waals surface area contributed by atoms with E-state index < -0.39 is 23.7 Å². The molecule has 9 heteroatoms. The third-order valence-corrected chi connectivity index (χ3v) is 3.41. The summed E-state index contributed by atoms with van der Waals surface area (Å²) in [5.74, 6) is -0.488. The molecule has 1 fully saturated rings. The highest BCUT2D eigenvalue weighted by molar-refractivity contribution is 5.92. The van der Waals surface area contributed by atoms with Gasteiger partial charge in [0.2, 0.25) is 5.91 Å². The first-order valence-corrected chi connectivity index (χ1v) is 7.41. The Morgan fingerprint density at radius 2 is 2.04 bits per heavy atom. The molecule has 0 radical (unpaired) electrons. The fourth-order valence-corrected chi connectivity index (χ4v) is 2.35. The molecule has 2 rings (SSSR count). The summed E-state index contributed by atoms with van der Waals surface area (Å²) in [4.78, 5) is 22.8. The Balaban J connectivity index is 2.07. The molecule has 0 bridgehead atoms. The topological polar surface area (TPSA) is 79.5 Å². The lowest BCUT2D eigenvalue weighted by Gasteiger charge is -2.16. The molecule has 1 aliphatic heterocycles. The van der Waals surface area contributed by atoms with Gasteiger partial charge in [-0.2, -0.15) is 13.2 Å². The molecule has 132 valence electrons. The molecule has 6 nitrogen and oxygen atoms in total. The molecule has 1 aromatic carbocycles. The van der Waals surface area contributed by atoms with Gasteiger partial charge in [0.05, 0.1) is 17.4 Å². The zero-order valence-corrected chi connectivity index (χ0v) is 13.0. The first-order chi connectivity index (χ1) is 11.3. The Morgan fingerprint density at radius 3 is 2.62 bits per heavy atom. The Labute approximate surface area is 136 Å². The smallest absolute Gasteiger partial charge is 0.376 e. The van der Waals surface area contributed by atoms with Gasteiger partial charge in [-0.3, -0.25) is 4.79 Å². The number of urea groups is 1. The number of anilines is 2. The monoisotopic (exact) mass is 345 g/mol. The van der Waals surface area contributed by atoms with Crippen LogP contribution >= 0.6 is 0 Å². The second-order valence-corrected chi connectivity index (χ2v) is 5.41. The molecule has 0 unspecified atom stereocenters. The summed E-state index contributed by atoms with van der Waals surface area (Å²) in [5, 5.41) is 6.95. The summed E-state index contributed by atoms with van der Waals surface area (Å²) in [6, 6.07) is 2.41. The number of carbonyl (C=O) groups is 2. The lowest BCUT2D eigenvalue weighted by atomic mass is 10.1. The third-order valence-electron chi connectivity index (χ3n) is 3.41. The zero-order valence-electron chi connectivity index (χ0n) is 13.0. The highest BCUT2D eigenvalue weighted by Gasteiger charge is 2.34. The van der Waals surface area contributed by atoms with Crippen molar-refractivity contribution in [1.82, 2.24) is 5.32 Å². The molecule has 1 heterocycles. The number of alkyl halides is 3. The Bertz CT molecular complexity index is 614. The fraction of sp³-hybridized carbons (Fsp3) is 0.467. The van der Waals surface area contributed by atoms with Crippen molar-refractivity contribution in [3.8, 4) is 0 Å². The van der Waals surface area contributed by atoms with Gasteiger partial charge in [-0.15, -0.1) is 0 Å². The average molecular weight is 345 g/mol. The molecule has 0 aliphatic carbocycles. The van der Waals surface area contributed by atoms with Crippen molar-refractivity contribution in [1.29, 1.82) is 0 Å². The van der Waals surface area contributed by atoms with Crippen molar-refractivity contribution < 1.29 is 27.5 Å². The maximum absolute atomic E-state index is 13.1. The second-order valence-electron chi connectivity index (χ2n) is 5.41. The minimum Gasteiger partial charge on any atom is -0.376 e. The van der Waals surface area contributed by atoms with Crippen LogP contribution in [0.4, 0.5) is 29.3 Å². The predicted octanol–water partition coefficient (Wildman–Crippen LogP) is 2.96. The van der Waals surface area contributed by atoms with Gasteiger partial charge >= 0.3 is 12.2 Å². The Morgan fingerprint density at radius 1 is 1.29 bits per heavy atom. The summed E-state index contributed by atoms with van der Waals surface area (Å²) in [6.45, 7) is 2.05. The first kappa shape index (κ1) is 18.1. The van der Waals surface area contributed by atoms with Crippen LogP contribution in [0, 0.1) is 0 Å². The summed E-state index contributed by atoms with van der Waals surface area (Å²) >= 11 is 0. The van der Waals surface area contributed by atoms with Crippen LogP contribution in [0.15, 0.2) is 18.2 Å². The summed E-state index contributed by atoms with van der Waals surface area (Å²) in [6.07, 6.45) is -3.08. The predicted molar refractivity (Wildman–Crippen MR) is 81.7 cm³/mol. The molecule has 3 N–H and O–H groups in total. The lowest BCUT2D eigenvalue weighted by molar-refractivity contribution is -0.137. The van der Waals surface area contributed by atoms with Crippen LogP contribution in [-0.2, 0) is 15.7 Å². The van der Waals surface area contributed by atoms with Crippen LogP contribution in [0.25, 0.3) is 0 Å². The van der Waals surface area contributed by atoms with E-state index in [9.17, 15) is 22.8 Å². The molecule has 3 amide bonds. The van der Waals surface area contributed by atoms with E-state index in [0.29, 0.717) is 6.61 Å². The van der Waals surface area contributed by atoms with Crippen molar-refractivity contribution in [3.63, 3.8) is 0 Å². The lowest BCUT2D eigenvalue weighted by Crippen LogP contribution is -2.35. The largest absolute Gasteiger partial charge is 0.418 e. The molecule has 0 aromatic heterocycles. The summed E-state index contributed by atoms with van der Waals surface area (Å²) < 4.78 is 44.8. The standard InChI is InChI=1S/C15H18F3N3O3/c1-9(22)20-10-4-5-13(12(7-10)15(16,17)18)21-14(23)19-8-11-3-2-6-24-11/h4-5,7,11H,2-3,6,8H2,1H3,(H,20,22)(H2,19,21,23)/t11-/m1/s1. The third kappa shape index (κ3) is 5.12. The van der Waals surface area contributed by atoms with E-state index in [0.717, 1.165) is 25.0 Å². The first-order valence-electron chi connectivity index (χ1n) is 7.41. The minimum atomic E-state index is -4.67. The maximum atomic E-state index is 13.1. The van der Waals surface area contributed by atoms with Crippen molar-refractivity contribution >= 4 is 23.3 Å². The number of nitrogens with one attached hydrogen (secondary N) is 3. The second kappa shape index (κ2) is 7.52. The van der Waals surface area contributed by atoms with Crippen molar-refractivity contribution in [2.45, 2.75) is 32.0 Å². The number of rotatable bonds is 4. The molecule has 0 spiro atoms. The molecule has 1 aliphatic rings. The number of benzene rings is 1. The number of hydrogen-bond donors (Lipinski definition) is 3. The van der Waals surface area contributed by atoms with Gasteiger partial charge < -0.3 is 20.7 Å². The molecule has 1 aromatic rings. The van der Waals surface area contributed by atoms with Crippen molar-refractivity contribution in [2.75, 3.05) is 23.8 Å². The van der Waals surface area contributed by atoms with E-state index >= 15 is 0 Å². The van der Waals surface area contributed by atoms with Gasteiger partial charge in [0.15, 0.2) is 0 Å². The normalized spacial score (nSPS) is 17.4. The van der Waals surface area contributed by atoms with E-state index in [4.69, 9.17) is 4.74 Å². The van der Waals surface area contributed by atoms with Crippen LogP contribution in [0.2, 0.25) is 0 Å². The van der Waals surface area contributed by atoms with Gasteiger partial charge in [0, 0.05) is 25.8 Å². The minimum absolute atomic E-state index is 0.000129. The van der Waals surface area contributed by atoms with Gasteiger partial charge in [-0.25, -0.2) is 4.79 Å². The molecule has 0 saturated carbocycles. The fourth-order valence-electron chi connectivity index (χ4n) is 2.35. The van der Waals surface area contributed by atoms with Gasteiger partial charge in [-0.05, 0) is 31.0 Å². The number of hydrogen-bond acceptors (Lipinski definition) is 3. The zero-order chi connectivity index (χ0) is 17.7. The van der Waals surface area contributed by atoms with Gasteiger partial charge in [0.25, 0.3) is 0 Å². The molecule has 1 saturated heterocycles. The number of carbonyl (C=O) groups excluding carboxylic acids is 2. The highest BCUT2D eigenvalue weighted by Crippen LogP contribution is 2.36. The van der Waals surface area contributed by atoms with Gasteiger partial charge in [0.1, 0.15) is 0 Å². The van der Waals surface area contributed by atoms with E-state index in [2.05, 4.69) is 16.0 Å². The van der Waals surface area contributed by atoms with Crippen LogP contribution in [0.1, 0.15) is 25.3 Å². The quantitative estimate of drug-likeness (QED) is 0.785. The summed E-state index contributed by atoms with van der Waals surface area (Å²) in [5.41, 5.74) is -1.43. The van der Waals surface area contributed by atoms with Crippen LogP contribution in [-0.4, -0.2) is 31.2 Å². The summed E-state index contributed by atoms with van der Waals surface area (Å²) in [7, 11) is 0. The molecule has 1 atom stereocenters. The van der Waals surface area contributed by atoms with Crippen molar-refractivity contribution in [2.24, 2.45) is 0 Å². The SMILES string of the molecule is CC(=O)Nc1ccc(NC(=O)NC[C@H]2CCCO2)c(C(F)(F)F)c1. The van der Waals surface area contributed by atoms with Crippen molar-refractivity contribution in [3.05, 3.63) is 23.8 Å². The highest BCUT2D eigenvalue weighted by atomic mass is 19.4. The number of halogens is 3. The van der Waals surface area contributed by atoms with Crippen LogP contribution < -0.4 is 16.0 Å². The Kier molecular flexibility index (Phi) is 5.66. The van der Waals surface area contributed by atoms with E-state index in [-0.39, 0.29) is 24.0 Å². The number of ether oxygens (including phenoxy) is 1.